The molecule has 1 saturated heterocycles. The van der Waals surface area contributed by atoms with Crippen molar-refractivity contribution in [3.05, 3.63) is 41.3 Å². The third-order valence-corrected chi connectivity index (χ3v) is 10.4. The second-order valence-electron chi connectivity index (χ2n) is 12.4. The molecule has 2 saturated carbocycles. The number of esters is 1. The topological polar surface area (TPSA) is 60.3 Å². The molecule has 1 unspecified atom stereocenters. The average Bonchev–Trinajstić information content (AvgIpc) is 3.41. The molecule has 41 heavy (non-hydrogen) atoms. The van der Waals surface area contributed by atoms with E-state index >= 15 is 0 Å². The maximum Gasteiger partial charge on any atom is 0.352 e. The van der Waals surface area contributed by atoms with Gasteiger partial charge in [-0.15, -0.1) is 11.3 Å². The Morgan fingerprint density at radius 3 is 2.27 bits per heavy atom. The van der Waals surface area contributed by atoms with Gasteiger partial charge in [0.05, 0.1) is 31.9 Å². The number of rotatable bonds is 8. The minimum atomic E-state index is -0.623. The van der Waals surface area contributed by atoms with Crippen LogP contribution in [0.15, 0.2) is 36.4 Å². The summed E-state index contributed by atoms with van der Waals surface area (Å²) in [5.74, 6) is 0.487. The summed E-state index contributed by atoms with van der Waals surface area (Å²) in [6, 6.07) is 12.3. The summed E-state index contributed by atoms with van der Waals surface area (Å²) in [6.45, 7) is 6.16. The summed E-state index contributed by atoms with van der Waals surface area (Å²) in [4.78, 5) is 33.2. The Morgan fingerprint density at radius 1 is 0.951 bits per heavy atom. The number of ether oxygens (including phenoxy) is 2. The van der Waals surface area contributed by atoms with Gasteiger partial charge in [-0.1, -0.05) is 56.5 Å². The molecule has 3 aliphatic rings. The van der Waals surface area contributed by atoms with Crippen molar-refractivity contribution in [2.75, 3.05) is 25.0 Å². The number of hydrogen-bond donors (Lipinski definition) is 1. The SMILES string of the molecule is CC1CCC(C(=O)N(c2cc(-c3ccccc3)sc2C(=O)OC(C)OC2CCCCC2)C2CC[NH+](C)CC2)CC1.[Cl-]. The predicted molar refractivity (Wildman–Crippen MR) is 161 cm³/mol. The second-order valence-corrected chi connectivity index (χ2v) is 13.5. The molecule has 0 radical (unpaired) electrons. The molecule has 226 valence electrons. The van der Waals surface area contributed by atoms with Crippen molar-refractivity contribution < 1.29 is 36.4 Å². The highest BCUT2D eigenvalue weighted by Crippen LogP contribution is 2.41. The summed E-state index contributed by atoms with van der Waals surface area (Å²) >= 11 is 1.44. The van der Waals surface area contributed by atoms with Crippen molar-refractivity contribution in [2.45, 2.75) is 103 Å². The van der Waals surface area contributed by atoms with Gasteiger partial charge in [0.15, 0.2) is 0 Å². The number of hydrogen-bond acceptors (Lipinski definition) is 5. The molecule has 1 atom stereocenters. The van der Waals surface area contributed by atoms with Crippen molar-refractivity contribution in [1.82, 2.24) is 0 Å². The zero-order valence-corrected chi connectivity index (χ0v) is 26.5. The molecule has 1 aliphatic heterocycles. The molecule has 6 nitrogen and oxygen atoms in total. The van der Waals surface area contributed by atoms with Gasteiger partial charge in [-0.25, -0.2) is 4.79 Å². The molecular weight excluding hydrogens is 556 g/mol. The number of nitrogens with zero attached hydrogens (tertiary/aromatic N) is 1. The highest BCUT2D eigenvalue weighted by atomic mass is 35.5. The minimum Gasteiger partial charge on any atom is -1.00 e. The number of halogens is 1. The summed E-state index contributed by atoms with van der Waals surface area (Å²) in [5.41, 5.74) is 1.78. The molecule has 5 rings (SSSR count). The fourth-order valence-corrected chi connectivity index (χ4v) is 7.75. The lowest BCUT2D eigenvalue weighted by Gasteiger charge is -2.38. The van der Waals surface area contributed by atoms with Crippen LogP contribution in [0.4, 0.5) is 5.69 Å². The Bertz CT molecular complexity index is 1120. The normalized spacial score (nSPS) is 26.0. The van der Waals surface area contributed by atoms with E-state index in [4.69, 9.17) is 9.47 Å². The Labute approximate surface area is 256 Å². The van der Waals surface area contributed by atoms with Crippen LogP contribution in [-0.4, -0.2) is 50.4 Å². The number of piperidine rings is 1. The summed E-state index contributed by atoms with van der Waals surface area (Å²) in [5, 5.41) is 0. The fraction of sp³-hybridized carbons (Fsp3) is 0.636. The number of quaternary nitrogens is 1. The predicted octanol–water partition coefficient (Wildman–Crippen LogP) is 3.11. The number of anilines is 1. The second kappa shape index (κ2) is 15.0. The molecule has 2 aliphatic carbocycles. The molecule has 1 amide bonds. The number of nitrogens with one attached hydrogen (secondary N) is 1. The van der Waals surface area contributed by atoms with Crippen molar-refractivity contribution in [3.63, 3.8) is 0 Å². The largest absolute Gasteiger partial charge is 1.00 e. The molecule has 8 heteroatoms. The summed E-state index contributed by atoms with van der Waals surface area (Å²) in [7, 11) is 2.22. The van der Waals surface area contributed by atoms with Gasteiger partial charge >= 0.3 is 5.97 Å². The van der Waals surface area contributed by atoms with Crippen LogP contribution in [0.3, 0.4) is 0 Å². The van der Waals surface area contributed by atoms with Crippen LogP contribution in [0, 0.1) is 11.8 Å². The molecule has 3 fully saturated rings. The van der Waals surface area contributed by atoms with Gasteiger partial charge in [-0.3, -0.25) is 4.79 Å². The van der Waals surface area contributed by atoms with Crippen LogP contribution >= 0.6 is 11.3 Å². The number of carbonyl (C=O) groups excluding carboxylic acids is 2. The molecule has 2 aromatic rings. The van der Waals surface area contributed by atoms with Crippen LogP contribution in [-0.2, 0) is 14.3 Å². The summed E-state index contributed by atoms with van der Waals surface area (Å²) < 4.78 is 12.1. The first-order valence-electron chi connectivity index (χ1n) is 15.6. The van der Waals surface area contributed by atoms with Gasteiger partial charge in [0.1, 0.15) is 4.88 Å². The van der Waals surface area contributed by atoms with Crippen LogP contribution in [0.5, 0.6) is 0 Å². The van der Waals surface area contributed by atoms with E-state index in [0.29, 0.717) is 10.8 Å². The quantitative estimate of drug-likeness (QED) is 0.373. The van der Waals surface area contributed by atoms with Gasteiger partial charge < -0.3 is 31.7 Å². The molecule has 2 heterocycles. The third-order valence-electron chi connectivity index (χ3n) is 9.20. The summed E-state index contributed by atoms with van der Waals surface area (Å²) in [6.07, 6.45) is 11.0. The van der Waals surface area contributed by atoms with Crippen LogP contribution in [0.2, 0.25) is 0 Å². The van der Waals surface area contributed by atoms with E-state index in [1.54, 1.807) is 0 Å². The first-order valence-corrected chi connectivity index (χ1v) is 16.4. The molecular formula is C33H47ClN2O4S. The zero-order chi connectivity index (χ0) is 28.1. The van der Waals surface area contributed by atoms with E-state index in [0.717, 1.165) is 93.4 Å². The minimum absolute atomic E-state index is 0. The van der Waals surface area contributed by atoms with Gasteiger partial charge in [0.25, 0.3) is 0 Å². The Hall–Kier alpha value is -1.93. The number of likely N-dealkylation sites (tertiary alicyclic amines) is 1. The average molecular weight is 603 g/mol. The maximum absolute atomic E-state index is 14.3. The van der Waals surface area contributed by atoms with E-state index in [1.165, 1.54) is 22.7 Å². The lowest BCUT2D eigenvalue weighted by atomic mass is 9.82. The van der Waals surface area contributed by atoms with Gasteiger partial charge in [-0.2, -0.15) is 0 Å². The van der Waals surface area contributed by atoms with Crippen molar-refractivity contribution in [1.29, 1.82) is 0 Å². The van der Waals surface area contributed by atoms with E-state index in [1.807, 2.05) is 30.0 Å². The lowest BCUT2D eigenvalue weighted by Crippen LogP contribution is -3.10. The third kappa shape index (κ3) is 8.13. The van der Waals surface area contributed by atoms with Gasteiger partial charge in [0, 0.05) is 29.7 Å². The van der Waals surface area contributed by atoms with Crippen LogP contribution < -0.4 is 22.2 Å². The van der Waals surface area contributed by atoms with Crippen molar-refractivity contribution >= 4 is 28.9 Å². The first-order chi connectivity index (χ1) is 19.4. The fourth-order valence-electron chi connectivity index (χ4n) is 6.71. The lowest BCUT2D eigenvalue weighted by molar-refractivity contribution is -0.884. The monoisotopic (exact) mass is 602 g/mol. The zero-order valence-electron chi connectivity index (χ0n) is 24.9. The Kier molecular flexibility index (Phi) is 11.7. The highest BCUT2D eigenvalue weighted by Gasteiger charge is 2.38. The van der Waals surface area contributed by atoms with Gasteiger partial charge in [-0.05, 0) is 63.0 Å². The molecule has 1 N–H and O–H groups in total. The van der Waals surface area contributed by atoms with E-state index < -0.39 is 6.29 Å². The first kappa shape index (κ1) is 32.0. The molecule has 1 aromatic heterocycles. The number of benzene rings is 1. The molecule has 1 aromatic carbocycles. The van der Waals surface area contributed by atoms with Crippen molar-refractivity contribution in [2.24, 2.45) is 11.8 Å². The smallest absolute Gasteiger partial charge is 0.352 e. The number of carbonyl (C=O) groups is 2. The van der Waals surface area contributed by atoms with Gasteiger partial charge in [0.2, 0.25) is 12.2 Å². The van der Waals surface area contributed by atoms with Crippen LogP contribution in [0.25, 0.3) is 10.4 Å². The molecule has 0 spiro atoms. The Balaban J connectivity index is 0.00000387. The number of amides is 1. The van der Waals surface area contributed by atoms with Crippen LogP contribution in [0.1, 0.15) is 94.1 Å². The molecule has 0 bridgehead atoms. The van der Waals surface area contributed by atoms with E-state index in [-0.39, 0.29) is 42.3 Å². The highest BCUT2D eigenvalue weighted by molar-refractivity contribution is 7.18. The van der Waals surface area contributed by atoms with E-state index in [2.05, 4.69) is 32.2 Å². The number of thiophene rings is 1. The Morgan fingerprint density at radius 2 is 1.61 bits per heavy atom. The maximum atomic E-state index is 14.3. The van der Waals surface area contributed by atoms with Crippen molar-refractivity contribution in [3.8, 4) is 10.4 Å². The van der Waals surface area contributed by atoms with E-state index in [9.17, 15) is 9.59 Å². The standard InChI is InChI=1S/C33H46N2O4S.ClH/c1-23-14-16-26(17-15-23)32(36)35(27-18-20-34(3)21-19-27)29-22-30(25-10-6-4-7-11-25)40-31(29)33(37)39-24(2)38-28-12-8-5-9-13-28;/h4,6-7,10-11,22-24,26-28H,5,8-9,12-21H2,1-3H3;1H.